The van der Waals surface area contributed by atoms with E-state index >= 15 is 0 Å². The molecule has 1 aromatic rings. The highest BCUT2D eigenvalue weighted by Crippen LogP contribution is 2.21. The van der Waals surface area contributed by atoms with Gasteiger partial charge in [0, 0.05) is 13.7 Å². The fourth-order valence-corrected chi connectivity index (χ4v) is 1.51. The maximum atomic E-state index is 11.4. The van der Waals surface area contributed by atoms with Gasteiger partial charge in [-0.25, -0.2) is 0 Å². The Morgan fingerprint density at radius 3 is 2.53 bits per heavy atom. The summed E-state index contributed by atoms with van der Waals surface area (Å²) >= 11 is 0. The molecule has 0 aliphatic heterocycles. The van der Waals surface area contributed by atoms with Crippen LogP contribution in [-0.2, 0) is 9.53 Å². The summed E-state index contributed by atoms with van der Waals surface area (Å²) in [5.74, 6) is 0.652. The summed E-state index contributed by atoms with van der Waals surface area (Å²) in [6.07, 6.45) is 0. The van der Waals surface area contributed by atoms with Crippen LogP contribution in [0.25, 0.3) is 0 Å². The van der Waals surface area contributed by atoms with Gasteiger partial charge in [0.05, 0.1) is 6.61 Å². The third-order valence-electron chi connectivity index (χ3n) is 2.38. The van der Waals surface area contributed by atoms with Crippen LogP contribution in [0.15, 0.2) is 18.2 Å². The summed E-state index contributed by atoms with van der Waals surface area (Å²) in [5.41, 5.74) is 2.07. The lowest BCUT2D eigenvalue weighted by Gasteiger charge is -2.11. The van der Waals surface area contributed by atoms with Gasteiger partial charge in [-0.3, -0.25) is 4.79 Å². The van der Waals surface area contributed by atoms with Crippen molar-refractivity contribution in [1.29, 1.82) is 0 Å². The highest BCUT2D eigenvalue weighted by molar-refractivity contribution is 5.77. The first-order valence-corrected chi connectivity index (χ1v) is 5.59. The number of carbonyl (C=O) groups is 1. The number of amides is 1. The first-order valence-electron chi connectivity index (χ1n) is 5.59. The molecule has 0 spiro atoms. The second kappa shape index (κ2) is 6.91. The second-order valence-electron chi connectivity index (χ2n) is 3.85. The van der Waals surface area contributed by atoms with Crippen molar-refractivity contribution in [3.05, 3.63) is 29.3 Å². The normalized spacial score (nSPS) is 10.1. The molecular weight excluding hydrogens is 218 g/mol. The number of aryl methyl sites for hydroxylation is 2. The minimum atomic E-state index is -0.135. The Balaban J connectivity index is 2.42. The molecule has 4 heteroatoms. The molecule has 1 rings (SSSR count). The highest BCUT2D eigenvalue weighted by atomic mass is 16.5. The van der Waals surface area contributed by atoms with Crippen LogP contribution in [0.3, 0.4) is 0 Å². The van der Waals surface area contributed by atoms with Crippen molar-refractivity contribution in [2.75, 3.05) is 26.9 Å². The zero-order chi connectivity index (χ0) is 12.7. The molecule has 0 radical (unpaired) electrons. The molecule has 0 aliphatic carbocycles. The molecule has 0 atom stereocenters. The average molecular weight is 237 g/mol. The number of rotatable bonds is 6. The van der Waals surface area contributed by atoms with Crippen LogP contribution in [0.2, 0.25) is 0 Å². The summed E-state index contributed by atoms with van der Waals surface area (Å²) in [4.78, 5) is 11.4. The Hall–Kier alpha value is -1.55. The van der Waals surface area contributed by atoms with Crippen molar-refractivity contribution < 1.29 is 14.3 Å². The van der Waals surface area contributed by atoms with E-state index in [1.165, 1.54) is 0 Å². The van der Waals surface area contributed by atoms with Crippen LogP contribution < -0.4 is 10.1 Å². The standard InChI is InChI=1S/C13H19NO3/c1-10-5-4-6-11(2)13(10)17-9-12(15)14-7-8-16-3/h4-6H,7-9H2,1-3H3,(H,14,15). The number of benzene rings is 1. The Labute approximate surface area is 102 Å². The predicted molar refractivity (Wildman–Crippen MR) is 66.3 cm³/mol. The molecular formula is C13H19NO3. The summed E-state index contributed by atoms with van der Waals surface area (Å²) in [6.45, 7) is 4.98. The van der Waals surface area contributed by atoms with Crippen LogP contribution in [0, 0.1) is 13.8 Å². The van der Waals surface area contributed by atoms with Gasteiger partial charge in [-0.15, -0.1) is 0 Å². The monoisotopic (exact) mass is 237 g/mol. The number of hydrogen-bond donors (Lipinski definition) is 1. The Morgan fingerprint density at radius 2 is 1.94 bits per heavy atom. The van der Waals surface area contributed by atoms with Crippen LogP contribution in [-0.4, -0.2) is 32.8 Å². The SMILES string of the molecule is COCCNC(=O)COc1c(C)cccc1C. The fourth-order valence-electron chi connectivity index (χ4n) is 1.51. The minimum absolute atomic E-state index is 0.0371. The number of methoxy groups -OCH3 is 1. The van der Waals surface area contributed by atoms with Gasteiger partial charge in [-0.05, 0) is 25.0 Å². The minimum Gasteiger partial charge on any atom is -0.483 e. The maximum absolute atomic E-state index is 11.4. The molecule has 0 fully saturated rings. The number of ether oxygens (including phenoxy) is 2. The van der Waals surface area contributed by atoms with Crippen LogP contribution in [0.5, 0.6) is 5.75 Å². The topological polar surface area (TPSA) is 47.6 Å². The van der Waals surface area contributed by atoms with Crippen molar-refractivity contribution in [3.63, 3.8) is 0 Å². The van der Waals surface area contributed by atoms with E-state index in [1.807, 2.05) is 32.0 Å². The Kier molecular flexibility index (Phi) is 5.49. The van der Waals surface area contributed by atoms with E-state index in [0.29, 0.717) is 13.2 Å². The van der Waals surface area contributed by atoms with E-state index < -0.39 is 0 Å². The molecule has 17 heavy (non-hydrogen) atoms. The molecule has 0 saturated heterocycles. The van der Waals surface area contributed by atoms with Gasteiger partial charge >= 0.3 is 0 Å². The highest BCUT2D eigenvalue weighted by Gasteiger charge is 2.06. The summed E-state index contributed by atoms with van der Waals surface area (Å²) in [5, 5.41) is 2.70. The van der Waals surface area contributed by atoms with Gasteiger partial charge in [0.2, 0.25) is 0 Å². The molecule has 0 aromatic heterocycles. The molecule has 1 aromatic carbocycles. The van der Waals surface area contributed by atoms with Crippen molar-refractivity contribution in [2.24, 2.45) is 0 Å². The zero-order valence-electron chi connectivity index (χ0n) is 10.6. The molecule has 94 valence electrons. The van der Waals surface area contributed by atoms with Crippen molar-refractivity contribution in [2.45, 2.75) is 13.8 Å². The number of hydrogen-bond acceptors (Lipinski definition) is 3. The molecule has 0 heterocycles. The largest absolute Gasteiger partial charge is 0.483 e. The van der Waals surface area contributed by atoms with E-state index in [-0.39, 0.29) is 12.5 Å². The van der Waals surface area contributed by atoms with Gasteiger partial charge in [-0.1, -0.05) is 18.2 Å². The summed E-state index contributed by atoms with van der Waals surface area (Å²) in [7, 11) is 1.60. The molecule has 0 aliphatic rings. The second-order valence-corrected chi connectivity index (χ2v) is 3.85. The average Bonchev–Trinajstić information content (AvgIpc) is 2.29. The lowest BCUT2D eigenvalue weighted by molar-refractivity contribution is -0.123. The van der Waals surface area contributed by atoms with Gasteiger partial charge in [-0.2, -0.15) is 0 Å². The van der Waals surface area contributed by atoms with Gasteiger partial charge in [0.1, 0.15) is 5.75 Å². The Morgan fingerprint density at radius 1 is 1.29 bits per heavy atom. The third-order valence-corrected chi connectivity index (χ3v) is 2.38. The molecule has 0 saturated carbocycles. The summed E-state index contributed by atoms with van der Waals surface area (Å²) in [6, 6.07) is 5.90. The lowest BCUT2D eigenvalue weighted by atomic mass is 10.1. The van der Waals surface area contributed by atoms with E-state index in [0.717, 1.165) is 16.9 Å². The fraction of sp³-hybridized carbons (Fsp3) is 0.462. The first-order chi connectivity index (χ1) is 8.15. The van der Waals surface area contributed by atoms with E-state index in [2.05, 4.69) is 5.32 Å². The Bertz CT molecular complexity index is 357. The quantitative estimate of drug-likeness (QED) is 0.762. The lowest BCUT2D eigenvalue weighted by Crippen LogP contribution is -2.31. The number of nitrogens with one attached hydrogen (secondary N) is 1. The molecule has 1 amide bonds. The van der Waals surface area contributed by atoms with E-state index in [4.69, 9.17) is 9.47 Å². The van der Waals surface area contributed by atoms with Crippen LogP contribution in [0.1, 0.15) is 11.1 Å². The number of carbonyl (C=O) groups excluding carboxylic acids is 1. The van der Waals surface area contributed by atoms with Crippen LogP contribution in [0.4, 0.5) is 0 Å². The van der Waals surface area contributed by atoms with Gasteiger partial charge in [0.15, 0.2) is 6.61 Å². The number of para-hydroxylation sites is 1. The van der Waals surface area contributed by atoms with Crippen molar-refractivity contribution in [1.82, 2.24) is 5.32 Å². The maximum Gasteiger partial charge on any atom is 0.258 e. The molecule has 0 unspecified atom stereocenters. The zero-order valence-corrected chi connectivity index (χ0v) is 10.6. The molecule has 1 N–H and O–H groups in total. The molecule has 4 nitrogen and oxygen atoms in total. The van der Waals surface area contributed by atoms with E-state index in [1.54, 1.807) is 7.11 Å². The van der Waals surface area contributed by atoms with Gasteiger partial charge in [0.25, 0.3) is 5.91 Å². The first kappa shape index (κ1) is 13.5. The third kappa shape index (κ3) is 4.44. The molecule has 0 bridgehead atoms. The van der Waals surface area contributed by atoms with Crippen molar-refractivity contribution >= 4 is 5.91 Å². The summed E-state index contributed by atoms with van der Waals surface area (Å²) < 4.78 is 10.3. The predicted octanol–water partition coefficient (Wildman–Crippen LogP) is 1.44. The van der Waals surface area contributed by atoms with Crippen molar-refractivity contribution in [3.8, 4) is 5.75 Å². The van der Waals surface area contributed by atoms with Gasteiger partial charge < -0.3 is 14.8 Å². The van der Waals surface area contributed by atoms with Crippen LogP contribution >= 0.6 is 0 Å². The van der Waals surface area contributed by atoms with E-state index in [9.17, 15) is 4.79 Å². The smallest absolute Gasteiger partial charge is 0.258 e.